The zero-order chi connectivity index (χ0) is 22.1. The molecule has 0 atom stereocenters. The van der Waals surface area contributed by atoms with Gasteiger partial charge in [-0.05, 0) is 35.4 Å². The van der Waals surface area contributed by atoms with Crippen molar-refractivity contribution in [2.75, 3.05) is 5.32 Å². The number of hydrogen-bond donors (Lipinski definition) is 4. The summed E-state index contributed by atoms with van der Waals surface area (Å²) in [6.07, 6.45) is 6.97. The van der Waals surface area contributed by atoms with Crippen LogP contribution in [0.5, 0.6) is 5.75 Å². The Morgan fingerprint density at radius 3 is 2.72 bits per heavy atom. The number of carbonyl (C=O) groups excluding carboxylic acids is 1. The molecule has 0 aliphatic heterocycles. The van der Waals surface area contributed by atoms with Crippen LogP contribution in [0.2, 0.25) is 0 Å². The smallest absolute Gasteiger partial charge is 0.249 e. The topological polar surface area (TPSA) is 147 Å². The minimum atomic E-state index is -0.529. The Labute approximate surface area is 181 Å². The lowest BCUT2D eigenvalue weighted by atomic mass is 9.97. The van der Waals surface area contributed by atoms with Gasteiger partial charge in [0.1, 0.15) is 12.1 Å². The third kappa shape index (κ3) is 3.49. The highest BCUT2D eigenvalue weighted by molar-refractivity contribution is 5.96. The van der Waals surface area contributed by atoms with Gasteiger partial charge in [0, 0.05) is 29.4 Å². The maximum atomic E-state index is 12.1. The molecule has 0 saturated carbocycles. The van der Waals surface area contributed by atoms with Gasteiger partial charge in [0.05, 0.1) is 18.1 Å². The summed E-state index contributed by atoms with van der Waals surface area (Å²) in [5.74, 6) is 0.119. The summed E-state index contributed by atoms with van der Waals surface area (Å²) in [5, 5.41) is 23.9. The van der Waals surface area contributed by atoms with Gasteiger partial charge in [0.25, 0.3) is 0 Å². The van der Waals surface area contributed by atoms with E-state index < -0.39 is 5.91 Å². The molecule has 0 bridgehead atoms. The monoisotopic (exact) mass is 426 g/mol. The van der Waals surface area contributed by atoms with Crippen LogP contribution in [-0.4, -0.2) is 40.8 Å². The van der Waals surface area contributed by atoms with Gasteiger partial charge >= 0.3 is 0 Å². The van der Waals surface area contributed by atoms with Crippen molar-refractivity contribution in [1.82, 2.24) is 29.8 Å². The second-order valence-electron chi connectivity index (χ2n) is 7.14. The molecule has 158 valence electrons. The highest BCUT2D eigenvalue weighted by atomic mass is 16.3. The normalized spacial score (nSPS) is 11.0. The van der Waals surface area contributed by atoms with Gasteiger partial charge in [-0.15, -0.1) is 0 Å². The standard InChI is InChI=1S/C22H18N8O2/c23-20(32)16-2-1-3-18(17(16)8-13-4-6-15(31)7-5-13)29-21-22-25-12-28-30(22)19(11-24-21)14-9-26-27-10-14/h1-7,9-12,31H,8H2,(H2,23,32)(H,24,29)(H,26,27). The van der Waals surface area contributed by atoms with Gasteiger partial charge in [-0.2, -0.15) is 10.2 Å². The lowest BCUT2D eigenvalue weighted by Crippen LogP contribution is -2.15. The molecule has 3 aromatic heterocycles. The van der Waals surface area contributed by atoms with E-state index in [0.717, 1.165) is 16.8 Å². The Kier molecular flexibility index (Phi) is 4.71. The first-order valence-electron chi connectivity index (χ1n) is 9.74. The Morgan fingerprint density at radius 2 is 1.97 bits per heavy atom. The molecule has 5 rings (SSSR count). The molecular weight excluding hydrogens is 408 g/mol. The molecule has 10 heteroatoms. The molecule has 32 heavy (non-hydrogen) atoms. The summed E-state index contributed by atoms with van der Waals surface area (Å²) in [4.78, 5) is 21.0. The van der Waals surface area contributed by atoms with Gasteiger partial charge in [0.15, 0.2) is 11.5 Å². The number of nitrogens with two attached hydrogens (primary N) is 1. The number of phenols is 1. The minimum Gasteiger partial charge on any atom is -0.508 e. The van der Waals surface area contributed by atoms with E-state index in [1.807, 2.05) is 6.07 Å². The Morgan fingerprint density at radius 1 is 1.12 bits per heavy atom. The molecule has 5 aromatic rings. The molecule has 0 aliphatic rings. The van der Waals surface area contributed by atoms with E-state index in [9.17, 15) is 9.90 Å². The quantitative estimate of drug-likeness (QED) is 0.326. The second-order valence-corrected chi connectivity index (χ2v) is 7.14. The fourth-order valence-corrected chi connectivity index (χ4v) is 3.56. The zero-order valence-electron chi connectivity index (χ0n) is 16.7. The van der Waals surface area contributed by atoms with Crippen LogP contribution in [0.15, 0.2) is 67.4 Å². The molecule has 0 unspecified atom stereocenters. The van der Waals surface area contributed by atoms with Gasteiger partial charge in [-0.3, -0.25) is 9.89 Å². The largest absolute Gasteiger partial charge is 0.508 e. The molecule has 3 heterocycles. The van der Waals surface area contributed by atoms with Crippen LogP contribution in [0.4, 0.5) is 11.5 Å². The number of carbonyl (C=O) groups is 1. The number of benzene rings is 2. The molecule has 0 radical (unpaired) electrons. The van der Waals surface area contributed by atoms with Crippen LogP contribution in [-0.2, 0) is 6.42 Å². The van der Waals surface area contributed by atoms with Crippen molar-refractivity contribution in [3.05, 3.63) is 84.1 Å². The molecule has 1 amide bonds. The van der Waals surface area contributed by atoms with E-state index in [-0.39, 0.29) is 5.75 Å². The van der Waals surface area contributed by atoms with Crippen LogP contribution in [0.25, 0.3) is 16.9 Å². The third-order valence-corrected chi connectivity index (χ3v) is 5.11. The van der Waals surface area contributed by atoms with Crippen LogP contribution in [0.1, 0.15) is 21.5 Å². The number of amides is 1. The Hall–Kier alpha value is -4.73. The van der Waals surface area contributed by atoms with Gasteiger partial charge in [0.2, 0.25) is 5.91 Å². The van der Waals surface area contributed by atoms with E-state index in [4.69, 9.17) is 5.73 Å². The van der Waals surface area contributed by atoms with E-state index in [0.29, 0.717) is 34.7 Å². The van der Waals surface area contributed by atoms with Crippen molar-refractivity contribution in [3.63, 3.8) is 0 Å². The highest BCUT2D eigenvalue weighted by Gasteiger charge is 2.17. The van der Waals surface area contributed by atoms with Gasteiger partial charge < -0.3 is 16.2 Å². The fourth-order valence-electron chi connectivity index (χ4n) is 3.56. The first kappa shape index (κ1) is 19.2. The lowest BCUT2D eigenvalue weighted by molar-refractivity contribution is 0.0999. The van der Waals surface area contributed by atoms with Crippen molar-refractivity contribution in [3.8, 4) is 17.0 Å². The SMILES string of the molecule is NC(=O)c1cccc(Nc2ncc(-c3cn[nH]c3)n3ncnc23)c1Cc1ccc(O)cc1. The van der Waals surface area contributed by atoms with E-state index in [2.05, 4.69) is 30.6 Å². The van der Waals surface area contributed by atoms with Crippen molar-refractivity contribution in [1.29, 1.82) is 0 Å². The second kappa shape index (κ2) is 7.84. The first-order valence-corrected chi connectivity index (χ1v) is 9.74. The van der Waals surface area contributed by atoms with E-state index in [1.54, 1.807) is 59.5 Å². The molecule has 0 fully saturated rings. The van der Waals surface area contributed by atoms with E-state index >= 15 is 0 Å². The molecule has 0 spiro atoms. The molecule has 0 saturated heterocycles. The number of hydrogen-bond acceptors (Lipinski definition) is 7. The van der Waals surface area contributed by atoms with Crippen molar-refractivity contribution in [2.45, 2.75) is 6.42 Å². The van der Waals surface area contributed by atoms with Crippen molar-refractivity contribution >= 4 is 23.1 Å². The van der Waals surface area contributed by atoms with Crippen molar-refractivity contribution < 1.29 is 9.90 Å². The maximum Gasteiger partial charge on any atom is 0.249 e. The van der Waals surface area contributed by atoms with Crippen LogP contribution < -0.4 is 11.1 Å². The average Bonchev–Trinajstić information content (AvgIpc) is 3.49. The fraction of sp³-hybridized carbons (Fsp3) is 0.0455. The number of H-pyrrole nitrogens is 1. The predicted octanol–water partition coefficient (Wildman–Crippen LogP) is 2.65. The van der Waals surface area contributed by atoms with Crippen LogP contribution in [0.3, 0.4) is 0 Å². The number of nitrogens with zero attached hydrogens (tertiary/aromatic N) is 5. The number of anilines is 2. The lowest BCUT2D eigenvalue weighted by Gasteiger charge is -2.15. The summed E-state index contributed by atoms with van der Waals surface area (Å²) in [6.45, 7) is 0. The molecular formula is C22H18N8O2. The Bertz CT molecular complexity index is 1410. The Balaban J connectivity index is 1.57. The molecule has 10 nitrogen and oxygen atoms in total. The zero-order valence-corrected chi connectivity index (χ0v) is 16.7. The third-order valence-electron chi connectivity index (χ3n) is 5.11. The number of phenolic OH excluding ortho intramolecular Hbond substituents is 1. The minimum absolute atomic E-state index is 0.173. The van der Waals surface area contributed by atoms with Gasteiger partial charge in [-0.1, -0.05) is 18.2 Å². The van der Waals surface area contributed by atoms with Crippen LogP contribution >= 0.6 is 0 Å². The average molecular weight is 426 g/mol. The number of primary amides is 1. The van der Waals surface area contributed by atoms with Crippen molar-refractivity contribution in [2.24, 2.45) is 5.73 Å². The summed E-state index contributed by atoms with van der Waals surface area (Å²) in [6, 6.07) is 12.1. The maximum absolute atomic E-state index is 12.1. The predicted molar refractivity (Wildman–Crippen MR) is 118 cm³/mol. The highest BCUT2D eigenvalue weighted by Crippen LogP contribution is 2.29. The number of aromatic nitrogens is 6. The first-order chi connectivity index (χ1) is 15.6. The molecule has 5 N–H and O–H groups in total. The molecule has 2 aromatic carbocycles. The summed E-state index contributed by atoms with van der Waals surface area (Å²) in [7, 11) is 0. The van der Waals surface area contributed by atoms with Crippen LogP contribution in [0, 0.1) is 0 Å². The number of nitrogens with one attached hydrogen (secondary N) is 2. The number of aromatic hydroxyl groups is 1. The summed E-state index contributed by atoms with van der Waals surface area (Å²) < 4.78 is 1.66. The summed E-state index contributed by atoms with van der Waals surface area (Å²) in [5.41, 5.74) is 10.4. The summed E-state index contributed by atoms with van der Waals surface area (Å²) >= 11 is 0. The number of fused-ring (bicyclic) bond motifs is 1. The number of aromatic amines is 1. The number of rotatable bonds is 6. The van der Waals surface area contributed by atoms with E-state index in [1.165, 1.54) is 6.33 Å². The van der Waals surface area contributed by atoms with Gasteiger partial charge in [-0.25, -0.2) is 14.5 Å². The molecule has 0 aliphatic carbocycles.